The monoisotopic (exact) mass is 765 g/mol. The number of para-hydroxylation sites is 1. The summed E-state index contributed by atoms with van der Waals surface area (Å²) in [4.78, 5) is 13.3. The fourth-order valence-electron chi connectivity index (χ4n) is 12.7. The number of carbonyl (C=O) groups is 1. The van der Waals surface area contributed by atoms with Crippen molar-refractivity contribution in [1.29, 1.82) is 0 Å². The lowest BCUT2D eigenvalue weighted by Crippen LogP contribution is -2.65. The third kappa shape index (κ3) is 6.58. The molecule has 4 N–H and O–H groups in total. The van der Waals surface area contributed by atoms with E-state index >= 15 is 0 Å². The first-order valence-corrected chi connectivity index (χ1v) is 20.8. The van der Waals surface area contributed by atoms with E-state index in [0.717, 1.165) is 45.1 Å². The molecule has 1 aromatic carbocycles. The van der Waals surface area contributed by atoms with Gasteiger partial charge in [0.25, 0.3) is 0 Å². The molecule has 1 aromatic rings. The maximum absolute atomic E-state index is 13.3. The second kappa shape index (κ2) is 15.0. The highest BCUT2D eigenvalue weighted by molar-refractivity contribution is 5.92. The zero-order chi connectivity index (χ0) is 38.9. The van der Waals surface area contributed by atoms with Crippen LogP contribution < -0.4 is 14.8 Å². The lowest BCUT2D eigenvalue weighted by Gasteiger charge is -2.58. The van der Waals surface area contributed by atoms with E-state index in [4.69, 9.17) is 28.4 Å². The van der Waals surface area contributed by atoms with Crippen molar-refractivity contribution >= 4 is 12.0 Å². The Hall–Kier alpha value is -2.51. The van der Waals surface area contributed by atoms with Crippen LogP contribution in [0.25, 0.3) is 6.08 Å². The van der Waals surface area contributed by atoms with E-state index in [2.05, 4.69) is 39.1 Å². The number of nitrogens with one attached hydrogen (secondary N) is 1. The Balaban J connectivity index is 0.950. The molecule has 3 saturated carbocycles. The predicted molar refractivity (Wildman–Crippen MR) is 205 cm³/mol. The lowest BCUT2D eigenvalue weighted by atomic mass is 9.47. The molecule has 3 saturated heterocycles. The second-order valence-electron chi connectivity index (χ2n) is 18.4. The van der Waals surface area contributed by atoms with E-state index in [1.54, 1.807) is 31.4 Å². The Labute approximate surface area is 326 Å². The van der Waals surface area contributed by atoms with E-state index in [-0.39, 0.29) is 23.0 Å². The molecule has 11 nitrogen and oxygen atoms in total. The number of allylic oxidation sites excluding steroid dienone is 1. The Morgan fingerprint density at radius 3 is 2.58 bits per heavy atom. The molecule has 11 heteroatoms. The maximum atomic E-state index is 13.3. The number of benzene rings is 1. The van der Waals surface area contributed by atoms with Crippen molar-refractivity contribution < 1.29 is 48.5 Å². The zero-order valence-electron chi connectivity index (χ0n) is 33.4. The van der Waals surface area contributed by atoms with Gasteiger partial charge in [-0.2, -0.15) is 0 Å². The topological polar surface area (TPSA) is 145 Å². The molecule has 0 radical (unpaired) electrons. The number of carbonyl (C=O) groups excluding carboxylic acids is 1. The third-order valence-corrected chi connectivity index (χ3v) is 15.7. The van der Waals surface area contributed by atoms with Gasteiger partial charge in [0.2, 0.25) is 5.91 Å². The molecule has 1 spiro atoms. The number of hydrogen-bond acceptors (Lipinski definition) is 10. The van der Waals surface area contributed by atoms with Crippen molar-refractivity contribution in [3.05, 3.63) is 41.5 Å². The number of rotatable bonds is 8. The van der Waals surface area contributed by atoms with Gasteiger partial charge in [-0.05, 0) is 104 Å². The average Bonchev–Trinajstić information content (AvgIpc) is 3.63. The predicted octanol–water partition coefficient (Wildman–Crippen LogP) is 5.39. The number of hydrogen-bond donors (Lipinski definition) is 4. The van der Waals surface area contributed by atoms with E-state index in [0.29, 0.717) is 52.6 Å². The fourth-order valence-corrected chi connectivity index (χ4v) is 12.7. The number of fused-ring (bicyclic) bond motifs is 7. The van der Waals surface area contributed by atoms with Crippen molar-refractivity contribution in [3.63, 3.8) is 0 Å². The van der Waals surface area contributed by atoms with Crippen LogP contribution in [0.2, 0.25) is 0 Å². The molecular weight excluding hydrogens is 702 g/mol. The first kappa shape index (κ1) is 39.3. The van der Waals surface area contributed by atoms with Crippen LogP contribution >= 0.6 is 0 Å². The van der Waals surface area contributed by atoms with E-state index in [1.807, 2.05) is 0 Å². The summed E-state index contributed by atoms with van der Waals surface area (Å²) in [6.07, 6.45) is 9.92. The first-order chi connectivity index (χ1) is 26.4. The van der Waals surface area contributed by atoms with Crippen molar-refractivity contribution in [2.24, 2.45) is 46.3 Å². The molecule has 0 bridgehead atoms. The Morgan fingerprint density at radius 2 is 1.85 bits per heavy atom. The fraction of sp³-hybridized carbons (Fsp3) is 0.750. The maximum Gasteiger partial charge on any atom is 0.244 e. The summed E-state index contributed by atoms with van der Waals surface area (Å²) >= 11 is 0. The van der Waals surface area contributed by atoms with Crippen molar-refractivity contribution in [2.45, 2.75) is 134 Å². The molecule has 0 aromatic heterocycles. The first-order valence-electron chi connectivity index (χ1n) is 20.8. The highest BCUT2D eigenvalue weighted by Gasteiger charge is 2.68. The lowest BCUT2D eigenvalue weighted by molar-refractivity contribution is -0.284. The van der Waals surface area contributed by atoms with Gasteiger partial charge >= 0.3 is 0 Å². The summed E-state index contributed by atoms with van der Waals surface area (Å²) in [6.45, 7) is 10.0. The SMILES string of the molecule is COc1cccc(/C=C/C(=O)N[C@H]2[C@H](O[C@H]3CC[C@@]4(C)C(=CC[C@H]5[C@@H]6C[C@@H]7O[C@]8(CC[C@@H](C)CO8)[C@@H](C)[C@@H]7[C@@]6(C)CC[C@@H]54)C3)O[C@H](CO)[C@@H](O)[C@@H]2O)c1OC. The summed E-state index contributed by atoms with van der Waals surface area (Å²) in [6, 6.07) is 4.30. The van der Waals surface area contributed by atoms with Crippen LogP contribution in [-0.2, 0) is 23.7 Å². The van der Waals surface area contributed by atoms with Gasteiger partial charge in [0.05, 0.1) is 39.6 Å². The van der Waals surface area contributed by atoms with Gasteiger partial charge in [-0.25, -0.2) is 0 Å². The summed E-state index contributed by atoms with van der Waals surface area (Å²) in [7, 11) is 3.08. The highest BCUT2D eigenvalue weighted by atomic mass is 16.7. The number of aliphatic hydroxyl groups excluding tert-OH is 3. The zero-order valence-corrected chi connectivity index (χ0v) is 33.4. The van der Waals surface area contributed by atoms with Crippen molar-refractivity contribution in [1.82, 2.24) is 5.32 Å². The van der Waals surface area contributed by atoms with Gasteiger partial charge in [-0.15, -0.1) is 0 Å². The molecule has 1 amide bonds. The van der Waals surface area contributed by atoms with Crippen LogP contribution in [-0.4, -0.2) is 97.3 Å². The van der Waals surface area contributed by atoms with Crippen molar-refractivity contribution in [3.8, 4) is 11.5 Å². The molecule has 4 aliphatic carbocycles. The van der Waals surface area contributed by atoms with Crippen LogP contribution in [0.3, 0.4) is 0 Å². The summed E-state index contributed by atoms with van der Waals surface area (Å²) in [5.41, 5.74) is 2.41. The summed E-state index contributed by atoms with van der Waals surface area (Å²) in [5, 5.41) is 34.8. The van der Waals surface area contributed by atoms with Gasteiger partial charge < -0.3 is 49.1 Å². The van der Waals surface area contributed by atoms with Crippen LogP contribution in [0.5, 0.6) is 11.5 Å². The molecule has 304 valence electrons. The minimum Gasteiger partial charge on any atom is -0.493 e. The number of methoxy groups -OCH3 is 2. The van der Waals surface area contributed by atoms with Crippen LogP contribution in [0, 0.1) is 46.3 Å². The molecule has 3 aliphatic heterocycles. The van der Waals surface area contributed by atoms with Gasteiger partial charge in [-0.3, -0.25) is 4.79 Å². The summed E-state index contributed by atoms with van der Waals surface area (Å²) < 4.78 is 37.1. The minimum atomic E-state index is -1.42. The molecule has 8 rings (SSSR count). The minimum absolute atomic E-state index is 0.0779. The Morgan fingerprint density at radius 1 is 1.04 bits per heavy atom. The number of aliphatic hydroxyl groups is 3. The molecule has 3 heterocycles. The largest absolute Gasteiger partial charge is 0.493 e. The molecule has 6 fully saturated rings. The molecule has 7 aliphatic rings. The summed E-state index contributed by atoms with van der Waals surface area (Å²) in [5.74, 6) is 3.52. The Kier molecular flexibility index (Phi) is 10.7. The van der Waals surface area contributed by atoms with Gasteiger partial charge in [-0.1, -0.05) is 51.5 Å². The van der Waals surface area contributed by atoms with Crippen LogP contribution in [0.1, 0.15) is 91.0 Å². The van der Waals surface area contributed by atoms with E-state index in [1.165, 1.54) is 38.0 Å². The quantitative estimate of drug-likeness (QED) is 0.201. The third-order valence-electron chi connectivity index (χ3n) is 15.7. The number of amides is 1. The van der Waals surface area contributed by atoms with Gasteiger partial charge in [0.15, 0.2) is 23.6 Å². The normalized spacial score (nSPS) is 46.3. The van der Waals surface area contributed by atoms with Crippen molar-refractivity contribution in [2.75, 3.05) is 27.4 Å². The van der Waals surface area contributed by atoms with Gasteiger partial charge in [0.1, 0.15) is 24.4 Å². The smallest absolute Gasteiger partial charge is 0.244 e. The standard InChI is InChI=1S/C44H63NO10/c1-24-14-19-44(52-23-24)25(2)36-33(55-44)21-31-29-12-11-27-20-28(15-17-42(27,3)30(29)16-18-43(31,36)4)53-41-37(39(49)38(48)34(22-46)54-41)45-35(47)13-10-26-8-7-9-32(50-5)40(26)51-6/h7-11,13,24-25,28-31,33-34,36-39,41,46,48-49H,12,14-23H2,1-6H3,(H,45,47)/b13-10+/t24-,25+,28+,29-,30+,31+,33+,34-,36+,37-,38-,39-,41-,42+,43+,44-/m1/s1. The average molecular weight is 766 g/mol. The molecule has 0 unspecified atom stereocenters. The molecule has 55 heavy (non-hydrogen) atoms. The molecular formula is C44H63NO10. The molecule has 16 atom stereocenters. The van der Waals surface area contributed by atoms with Crippen LogP contribution in [0.15, 0.2) is 35.9 Å². The van der Waals surface area contributed by atoms with E-state index < -0.39 is 48.9 Å². The van der Waals surface area contributed by atoms with Gasteiger partial charge in [0, 0.05) is 24.0 Å². The Bertz CT molecular complexity index is 1640. The highest BCUT2D eigenvalue weighted by Crippen LogP contribution is 2.70. The van der Waals surface area contributed by atoms with E-state index in [9.17, 15) is 20.1 Å². The van der Waals surface area contributed by atoms with Crippen LogP contribution in [0.4, 0.5) is 0 Å². The second-order valence-corrected chi connectivity index (χ2v) is 18.4. The number of ether oxygens (including phenoxy) is 6.